The van der Waals surface area contributed by atoms with Crippen molar-refractivity contribution in [3.63, 3.8) is 0 Å². The lowest BCUT2D eigenvalue weighted by Gasteiger charge is -2.36. The van der Waals surface area contributed by atoms with Crippen LogP contribution in [-0.4, -0.2) is 52.0 Å². The fraction of sp³-hybridized carbons (Fsp3) is 0.167. The van der Waals surface area contributed by atoms with Crippen LogP contribution >= 0.6 is 11.8 Å². The number of non-ortho nitro benzene ring substituents is 2. The number of nitrogens with zero attached hydrogens (tertiary/aromatic N) is 5. The predicted octanol–water partition coefficient (Wildman–Crippen LogP) is 4.56. The Morgan fingerprint density at radius 2 is 1.42 bits per heavy atom. The fourth-order valence-electron chi connectivity index (χ4n) is 3.94. The minimum atomic E-state index is -0.460. The second-order valence-corrected chi connectivity index (χ2v) is 9.07. The standard InChI is InChI=1S/C24H19N5O6S/c30-23-22(15-20-9-10-21(35-20)16-1-3-18(4-2-16)28(31)32)36-24(25-23)27-13-11-26(12-14-27)17-5-7-19(8-6-17)29(33)34/h1-10,15H,11-14H2/b22-15-. The summed E-state index contributed by atoms with van der Waals surface area (Å²) in [5, 5.41) is 22.3. The molecule has 1 fully saturated rings. The Morgan fingerprint density at radius 1 is 0.833 bits per heavy atom. The number of rotatable bonds is 5. The summed E-state index contributed by atoms with van der Waals surface area (Å²) in [5.41, 5.74) is 1.67. The first-order valence-corrected chi connectivity index (χ1v) is 11.8. The van der Waals surface area contributed by atoms with Crippen LogP contribution < -0.4 is 4.90 Å². The molecule has 2 aliphatic heterocycles. The molecule has 0 atom stereocenters. The van der Waals surface area contributed by atoms with Crippen molar-refractivity contribution >= 4 is 46.0 Å². The van der Waals surface area contributed by atoms with Gasteiger partial charge in [-0.25, -0.2) is 0 Å². The van der Waals surface area contributed by atoms with Gasteiger partial charge >= 0.3 is 0 Å². The number of aliphatic imine (C=N–C) groups is 1. The number of carbonyl (C=O) groups excluding carboxylic acids is 1. The van der Waals surface area contributed by atoms with Crippen LogP contribution in [-0.2, 0) is 4.79 Å². The fourth-order valence-corrected chi connectivity index (χ4v) is 4.88. The van der Waals surface area contributed by atoms with E-state index in [1.54, 1.807) is 42.5 Å². The van der Waals surface area contributed by atoms with E-state index in [1.807, 2.05) is 0 Å². The van der Waals surface area contributed by atoms with E-state index >= 15 is 0 Å². The van der Waals surface area contributed by atoms with E-state index in [4.69, 9.17) is 4.42 Å². The summed E-state index contributed by atoms with van der Waals surface area (Å²) in [6.07, 6.45) is 1.64. The van der Waals surface area contributed by atoms with E-state index in [0.29, 0.717) is 53.3 Å². The number of nitro groups is 2. The van der Waals surface area contributed by atoms with Gasteiger partial charge in [-0.15, -0.1) is 0 Å². The van der Waals surface area contributed by atoms with Gasteiger partial charge in [0.05, 0.1) is 14.8 Å². The molecule has 11 nitrogen and oxygen atoms in total. The van der Waals surface area contributed by atoms with Gasteiger partial charge < -0.3 is 14.2 Å². The molecule has 182 valence electrons. The summed E-state index contributed by atoms with van der Waals surface area (Å²) < 4.78 is 5.82. The number of piperazine rings is 1. The maximum atomic E-state index is 12.5. The normalized spacial score (nSPS) is 16.9. The Bertz CT molecular complexity index is 1390. The number of benzene rings is 2. The quantitative estimate of drug-likeness (QED) is 0.278. The van der Waals surface area contributed by atoms with Gasteiger partial charge in [0.2, 0.25) is 0 Å². The van der Waals surface area contributed by atoms with Crippen molar-refractivity contribution in [2.24, 2.45) is 4.99 Å². The van der Waals surface area contributed by atoms with Crippen molar-refractivity contribution in [3.8, 4) is 11.3 Å². The minimum absolute atomic E-state index is 0.00106. The molecule has 3 aromatic rings. The molecule has 0 radical (unpaired) electrons. The number of thioether (sulfide) groups is 1. The molecule has 1 aromatic heterocycles. The Hall–Kier alpha value is -4.45. The second kappa shape index (κ2) is 9.66. The SMILES string of the molecule is O=C1N=C(N2CCN(c3ccc([N+](=O)[O-])cc3)CC2)S/C1=C\c1ccc(-c2ccc([N+](=O)[O-])cc2)o1. The van der Waals surface area contributed by atoms with Crippen LogP contribution in [0.4, 0.5) is 17.1 Å². The van der Waals surface area contributed by atoms with Crippen molar-refractivity contribution in [3.05, 3.63) is 91.6 Å². The zero-order chi connectivity index (χ0) is 25.2. The Morgan fingerprint density at radius 3 is 2.03 bits per heavy atom. The Labute approximate surface area is 209 Å². The number of amides is 1. The lowest BCUT2D eigenvalue weighted by atomic mass is 10.1. The minimum Gasteiger partial charge on any atom is -0.457 e. The molecular weight excluding hydrogens is 486 g/mol. The van der Waals surface area contributed by atoms with Crippen LogP contribution in [0.3, 0.4) is 0 Å². The zero-order valence-electron chi connectivity index (χ0n) is 18.8. The van der Waals surface area contributed by atoms with Crippen molar-refractivity contribution in [1.29, 1.82) is 0 Å². The van der Waals surface area contributed by atoms with Crippen LogP contribution in [0.25, 0.3) is 17.4 Å². The van der Waals surface area contributed by atoms with Crippen LogP contribution in [0.5, 0.6) is 0 Å². The van der Waals surface area contributed by atoms with Gasteiger partial charge in [-0.1, -0.05) is 0 Å². The predicted molar refractivity (Wildman–Crippen MR) is 136 cm³/mol. The highest BCUT2D eigenvalue weighted by Gasteiger charge is 2.29. The van der Waals surface area contributed by atoms with Gasteiger partial charge in [-0.05, 0) is 48.2 Å². The third kappa shape index (κ3) is 4.84. The number of hydrogen-bond acceptors (Lipinski definition) is 9. The van der Waals surface area contributed by atoms with Crippen LogP contribution in [0, 0.1) is 20.2 Å². The van der Waals surface area contributed by atoms with E-state index in [9.17, 15) is 25.0 Å². The molecule has 36 heavy (non-hydrogen) atoms. The summed E-state index contributed by atoms with van der Waals surface area (Å²) in [7, 11) is 0. The maximum Gasteiger partial charge on any atom is 0.286 e. The smallest absolute Gasteiger partial charge is 0.286 e. The van der Waals surface area contributed by atoms with Gasteiger partial charge in [0, 0.05) is 67.8 Å². The molecular formula is C24H19N5O6S. The van der Waals surface area contributed by atoms with Gasteiger partial charge in [0.15, 0.2) is 5.17 Å². The monoisotopic (exact) mass is 505 g/mol. The molecule has 1 saturated heterocycles. The van der Waals surface area contributed by atoms with Crippen LogP contribution in [0.15, 0.2) is 75.0 Å². The summed E-state index contributed by atoms with van der Waals surface area (Å²) in [6.45, 7) is 2.71. The summed E-state index contributed by atoms with van der Waals surface area (Å²) in [5.74, 6) is 0.690. The highest BCUT2D eigenvalue weighted by molar-refractivity contribution is 8.18. The molecule has 0 saturated carbocycles. The first-order valence-electron chi connectivity index (χ1n) is 11.0. The molecule has 2 aromatic carbocycles. The maximum absolute atomic E-state index is 12.5. The molecule has 3 heterocycles. The first kappa shape index (κ1) is 23.3. The van der Waals surface area contributed by atoms with Gasteiger partial charge in [0.25, 0.3) is 17.3 Å². The third-order valence-corrected chi connectivity index (χ3v) is 6.89. The third-order valence-electron chi connectivity index (χ3n) is 5.85. The van der Waals surface area contributed by atoms with Crippen molar-refractivity contribution in [2.45, 2.75) is 0 Å². The average Bonchev–Trinajstić information content (AvgIpc) is 3.51. The van der Waals surface area contributed by atoms with Gasteiger partial charge in [-0.2, -0.15) is 4.99 Å². The lowest BCUT2D eigenvalue weighted by Crippen LogP contribution is -2.47. The van der Waals surface area contributed by atoms with E-state index < -0.39 is 9.85 Å². The second-order valence-electron chi connectivity index (χ2n) is 8.06. The average molecular weight is 506 g/mol. The summed E-state index contributed by atoms with van der Waals surface area (Å²) >= 11 is 1.29. The number of nitro benzene ring substituents is 2. The summed E-state index contributed by atoms with van der Waals surface area (Å²) in [4.78, 5) is 42.2. The number of hydrogen-bond donors (Lipinski definition) is 0. The topological polar surface area (TPSA) is 135 Å². The van der Waals surface area contributed by atoms with Gasteiger partial charge in [-0.3, -0.25) is 25.0 Å². The Balaban J connectivity index is 1.20. The van der Waals surface area contributed by atoms with E-state index in [-0.39, 0.29) is 17.3 Å². The molecule has 0 bridgehead atoms. The molecule has 12 heteroatoms. The van der Waals surface area contributed by atoms with E-state index in [2.05, 4.69) is 14.8 Å². The van der Waals surface area contributed by atoms with Crippen LogP contribution in [0.2, 0.25) is 0 Å². The largest absolute Gasteiger partial charge is 0.457 e. The highest BCUT2D eigenvalue weighted by Crippen LogP contribution is 2.33. The van der Waals surface area contributed by atoms with Crippen molar-refractivity contribution < 1.29 is 19.1 Å². The van der Waals surface area contributed by atoms with Crippen molar-refractivity contribution in [2.75, 3.05) is 31.1 Å². The molecule has 5 rings (SSSR count). The van der Waals surface area contributed by atoms with E-state index in [1.165, 1.54) is 36.0 Å². The molecule has 0 spiro atoms. The van der Waals surface area contributed by atoms with Crippen molar-refractivity contribution in [1.82, 2.24) is 4.90 Å². The zero-order valence-corrected chi connectivity index (χ0v) is 19.6. The number of carbonyl (C=O) groups is 1. The molecule has 0 aliphatic carbocycles. The highest BCUT2D eigenvalue weighted by atomic mass is 32.2. The van der Waals surface area contributed by atoms with Crippen LogP contribution in [0.1, 0.15) is 5.76 Å². The van der Waals surface area contributed by atoms with E-state index in [0.717, 1.165) is 5.69 Å². The molecule has 0 unspecified atom stereocenters. The molecule has 2 aliphatic rings. The van der Waals surface area contributed by atoms with Gasteiger partial charge in [0.1, 0.15) is 11.5 Å². The number of furan rings is 1. The summed E-state index contributed by atoms with van der Waals surface area (Å²) in [6, 6.07) is 16.0. The lowest BCUT2D eigenvalue weighted by molar-refractivity contribution is -0.385. The first-order chi connectivity index (χ1) is 17.4. The molecule has 1 amide bonds. The Kier molecular flexibility index (Phi) is 6.25. The number of anilines is 1. The number of amidine groups is 1. The molecule has 0 N–H and O–H groups in total.